The third-order valence-corrected chi connectivity index (χ3v) is 5.17. The zero-order chi connectivity index (χ0) is 19.8. The summed E-state index contributed by atoms with van der Waals surface area (Å²) in [4.78, 5) is 0. The molecule has 1 aliphatic heterocycles. The predicted molar refractivity (Wildman–Crippen MR) is 98.8 cm³/mol. The Morgan fingerprint density at radius 3 is 2.27 bits per heavy atom. The zero-order valence-electron chi connectivity index (χ0n) is 15.3. The predicted octanol–water partition coefficient (Wildman–Crippen LogP) is 4.58. The third-order valence-electron chi connectivity index (χ3n) is 4.48. The summed E-state index contributed by atoms with van der Waals surface area (Å²) in [5.41, 5.74) is 0.564. The lowest BCUT2D eigenvalue weighted by atomic mass is 9.77. The fraction of sp³-hybridized carbons (Fsp3) is 0.529. The van der Waals surface area contributed by atoms with E-state index in [0.717, 1.165) is 5.47 Å². The first-order chi connectivity index (χ1) is 11.8. The number of nitrogens with one attached hydrogen (secondary N) is 1. The molecule has 1 aromatic rings. The Kier molecular flexibility index (Phi) is 6.17. The molecule has 2 rings (SSSR count). The van der Waals surface area contributed by atoms with Crippen molar-refractivity contribution in [2.75, 3.05) is 13.6 Å². The summed E-state index contributed by atoms with van der Waals surface area (Å²) in [5.74, 6) is -0.285. The molecule has 4 nitrogen and oxygen atoms in total. The molecule has 0 aromatic heterocycles. The molecule has 1 N–H and O–H groups in total. The lowest BCUT2D eigenvalue weighted by Crippen LogP contribution is -2.41. The van der Waals surface area contributed by atoms with E-state index in [0.29, 0.717) is 16.6 Å². The first-order valence-corrected chi connectivity index (χ1v) is 8.90. The van der Waals surface area contributed by atoms with Crippen LogP contribution in [0.4, 0.5) is 13.2 Å². The number of benzene rings is 1. The van der Waals surface area contributed by atoms with Crippen LogP contribution >= 0.6 is 15.9 Å². The number of halogens is 4. The van der Waals surface area contributed by atoms with Gasteiger partial charge in [-0.1, -0.05) is 28.1 Å². The second-order valence-electron chi connectivity index (χ2n) is 7.07. The highest BCUT2D eigenvalue weighted by Gasteiger charge is 2.52. The summed E-state index contributed by atoms with van der Waals surface area (Å²) in [6.07, 6.45) is -2.89. The first kappa shape index (κ1) is 21.3. The second kappa shape index (κ2) is 7.54. The van der Waals surface area contributed by atoms with E-state index >= 15 is 0 Å². The highest BCUT2D eigenvalue weighted by Crippen LogP contribution is 2.39. The molecule has 144 valence electrons. The zero-order valence-corrected chi connectivity index (χ0v) is 16.9. The van der Waals surface area contributed by atoms with Gasteiger partial charge in [-0.25, -0.2) is 0 Å². The van der Waals surface area contributed by atoms with Crippen LogP contribution in [0.1, 0.15) is 33.3 Å². The molecule has 1 aromatic carbocycles. The Bertz CT molecular complexity index is 676. The highest BCUT2D eigenvalue weighted by molar-refractivity contribution is 9.10. The van der Waals surface area contributed by atoms with E-state index in [4.69, 9.17) is 9.31 Å². The fourth-order valence-corrected chi connectivity index (χ4v) is 2.89. The monoisotopic (exact) mass is 435 g/mol. The number of hydrogen-bond donors (Lipinski definition) is 1. The van der Waals surface area contributed by atoms with Crippen LogP contribution in [0.5, 0.6) is 5.75 Å². The molecule has 0 spiro atoms. The molecule has 26 heavy (non-hydrogen) atoms. The largest absolute Gasteiger partial charge is 0.573 e. The standard InChI is InChI=1S/C17H22BBrF3NO3/c1-15(2)16(3,4)26-18(25-15)12(10-23-5)8-11-6-7-13(9-14(11)19)24-17(20,21)22/h6-9,23H,10H2,1-5H3. The molecule has 0 amide bonds. The minimum atomic E-state index is -4.73. The van der Waals surface area contributed by atoms with Crippen LogP contribution < -0.4 is 10.1 Å². The summed E-state index contributed by atoms with van der Waals surface area (Å²) >= 11 is 3.29. The van der Waals surface area contributed by atoms with Crippen molar-refractivity contribution in [1.82, 2.24) is 5.32 Å². The summed E-state index contributed by atoms with van der Waals surface area (Å²) < 4.78 is 53.6. The average Bonchev–Trinajstić information content (AvgIpc) is 2.67. The van der Waals surface area contributed by atoms with Crippen LogP contribution in [-0.2, 0) is 9.31 Å². The van der Waals surface area contributed by atoms with Crippen molar-refractivity contribution in [3.05, 3.63) is 33.7 Å². The van der Waals surface area contributed by atoms with Crippen LogP contribution in [0, 0.1) is 0 Å². The van der Waals surface area contributed by atoms with Gasteiger partial charge in [0.05, 0.1) is 11.2 Å². The van der Waals surface area contributed by atoms with Crippen molar-refractivity contribution >= 4 is 29.1 Å². The van der Waals surface area contributed by atoms with Gasteiger partial charge in [-0.15, -0.1) is 13.2 Å². The van der Waals surface area contributed by atoms with Crippen molar-refractivity contribution in [2.45, 2.75) is 45.3 Å². The Labute approximate surface area is 160 Å². The molecule has 1 fully saturated rings. The van der Waals surface area contributed by atoms with Gasteiger partial charge in [-0.2, -0.15) is 0 Å². The molecule has 0 aliphatic carbocycles. The van der Waals surface area contributed by atoms with Crippen LogP contribution in [0.25, 0.3) is 6.08 Å². The van der Waals surface area contributed by atoms with E-state index in [1.54, 1.807) is 13.1 Å². The normalized spacial score (nSPS) is 19.7. The third kappa shape index (κ3) is 5.03. The van der Waals surface area contributed by atoms with Crippen molar-refractivity contribution in [3.63, 3.8) is 0 Å². The molecule has 0 saturated carbocycles. The highest BCUT2D eigenvalue weighted by atomic mass is 79.9. The van der Waals surface area contributed by atoms with Crippen LogP contribution in [-0.4, -0.2) is 38.3 Å². The van der Waals surface area contributed by atoms with Gasteiger partial charge in [0.1, 0.15) is 5.75 Å². The van der Waals surface area contributed by atoms with E-state index in [9.17, 15) is 13.2 Å². The van der Waals surface area contributed by atoms with Gasteiger partial charge in [-0.3, -0.25) is 0 Å². The molecule has 1 aliphatic rings. The van der Waals surface area contributed by atoms with Crippen molar-refractivity contribution < 1.29 is 27.2 Å². The Morgan fingerprint density at radius 2 is 1.81 bits per heavy atom. The van der Waals surface area contributed by atoms with Gasteiger partial charge in [0, 0.05) is 11.0 Å². The summed E-state index contributed by atoms with van der Waals surface area (Å²) in [6, 6.07) is 4.10. The van der Waals surface area contributed by atoms with E-state index in [2.05, 4.69) is 26.0 Å². The summed E-state index contributed by atoms with van der Waals surface area (Å²) in [7, 11) is 1.25. The van der Waals surface area contributed by atoms with Gasteiger partial charge in [0.25, 0.3) is 0 Å². The molecule has 0 radical (unpaired) electrons. The van der Waals surface area contributed by atoms with Gasteiger partial charge >= 0.3 is 13.5 Å². The fourth-order valence-electron chi connectivity index (χ4n) is 2.42. The van der Waals surface area contributed by atoms with Crippen LogP contribution in [0.15, 0.2) is 28.1 Å². The smallest absolute Gasteiger partial charge is 0.406 e. The molecule has 1 saturated heterocycles. The molecule has 0 unspecified atom stereocenters. The maximum atomic E-state index is 12.3. The molecular weight excluding hydrogens is 414 g/mol. The van der Waals surface area contributed by atoms with Crippen LogP contribution in [0.3, 0.4) is 0 Å². The van der Waals surface area contributed by atoms with Gasteiger partial charge in [-0.05, 0) is 57.9 Å². The molecule has 0 bridgehead atoms. The van der Waals surface area contributed by atoms with Gasteiger partial charge in [0.15, 0.2) is 0 Å². The number of alkyl halides is 3. The Hall–Kier alpha value is -1.03. The van der Waals surface area contributed by atoms with Gasteiger partial charge in [0.2, 0.25) is 0 Å². The van der Waals surface area contributed by atoms with Crippen molar-refractivity contribution in [1.29, 1.82) is 0 Å². The molecular formula is C17H22BBrF3NO3. The topological polar surface area (TPSA) is 39.7 Å². The lowest BCUT2D eigenvalue weighted by Gasteiger charge is -2.32. The minimum Gasteiger partial charge on any atom is -0.406 e. The number of hydrogen-bond acceptors (Lipinski definition) is 4. The minimum absolute atomic E-state index is 0.285. The van der Waals surface area contributed by atoms with E-state index in [1.807, 2.05) is 33.8 Å². The molecule has 9 heteroatoms. The average molecular weight is 436 g/mol. The Morgan fingerprint density at radius 1 is 1.23 bits per heavy atom. The SMILES string of the molecule is CNCC(=Cc1ccc(OC(F)(F)F)cc1Br)B1OC(C)(C)C(C)(C)O1. The second-order valence-corrected chi connectivity index (χ2v) is 7.92. The maximum Gasteiger partial charge on any atom is 0.573 e. The van der Waals surface area contributed by atoms with E-state index < -0.39 is 24.7 Å². The summed E-state index contributed by atoms with van der Waals surface area (Å²) in [5, 5.41) is 3.06. The Balaban J connectivity index is 2.29. The molecule has 1 heterocycles. The van der Waals surface area contributed by atoms with Crippen LogP contribution in [0.2, 0.25) is 0 Å². The van der Waals surface area contributed by atoms with Crippen molar-refractivity contribution in [2.24, 2.45) is 0 Å². The summed E-state index contributed by atoms with van der Waals surface area (Å²) in [6.45, 7) is 8.35. The van der Waals surface area contributed by atoms with E-state index in [1.165, 1.54) is 12.1 Å². The van der Waals surface area contributed by atoms with E-state index in [-0.39, 0.29) is 5.75 Å². The molecule has 0 atom stereocenters. The van der Waals surface area contributed by atoms with Gasteiger partial charge < -0.3 is 19.4 Å². The lowest BCUT2D eigenvalue weighted by molar-refractivity contribution is -0.274. The number of likely N-dealkylation sites (N-methyl/N-ethyl adjacent to an activating group) is 1. The number of ether oxygens (including phenoxy) is 1. The first-order valence-electron chi connectivity index (χ1n) is 8.10. The van der Waals surface area contributed by atoms with Crippen molar-refractivity contribution in [3.8, 4) is 5.75 Å². The maximum absolute atomic E-state index is 12.3. The quantitative estimate of drug-likeness (QED) is 0.687. The number of rotatable bonds is 5.